The molecule has 0 bridgehead atoms. The Balaban J connectivity index is 1.84. The van der Waals surface area contributed by atoms with Crippen molar-refractivity contribution in [3.63, 3.8) is 0 Å². The fourth-order valence-electron chi connectivity index (χ4n) is 3.34. The third-order valence-corrected chi connectivity index (χ3v) is 5.00. The summed E-state index contributed by atoms with van der Waals surface area (Å²) < 4.78 is 5.48. The minimum Gasteiger partial charge on any atom is -0.379 e. The van der Waals surface area contributed by atoms with Crippen molar-refractivity contribution in [2.45, 2.75) is 33.4 Å². The van der Waals surface area contributed by atoms with Crippen LogP contribution in [0, 0.1) is 5.92 Å². The molecule has 1 aliphatic rings. The van der Waals surface area contributed by atoms with E-state index in [1.807, 2.05) is 31.2 Å². The molecule has 7 heteroatoms. The molecule has 1 amide bonds. The SMILES string of the molecule is CCNC(=O)c1ccc(CNC(=NC)NCC(C(C)C)N2CCOCC2)cc1. The summed E-state index contributed by atoms with van der Waals surface area (Å²) in [6.07, 6.45) is 0. The number of hydrogen-bond acceptors (Lipinski definition) is 4. The Morgan fingerprint density at radius 1 is 1.14 bits per heavy atom. The van der Waals surface area contributed by atoms with Gasteiger partial charge >= 0.3 is 0 Å². The zero-order valence-corrected chi connectivity index (χ0v) is 17.6. The maximum Gasteiger partial charge on any atom is 0.251 e. The molecule has 2 rings (SSSR count). The Hall–Kier alpha value is -2.12. The average Bonchev–Trinajstić information content (AvgIpc) is 2.71. The second kappa shape index (κ2) is 11.7. The van der Waals surface area contributed by atoms with Gasteiger partial charge in [0.05, 0.1) is 13.2 Å². The molecule has 28 heavy (non-hydrogen) atoms. The molecule has 1 heterocycles. The van der Waals surface area contributed by atoms with Crippen LogP contribution in [-0.2, 0) is 11.3 Å². The smallest absolute Gasteiger partial charge is 0.251 e. The topological polar surface area (TPSA) is 78.0 Å². The summed E-state index contributed by atoms with van der Waals surface area (Å²) in [6.45, 7) is 12.1. The first-order valence-corrected chi connectivity index (χ1v) is 10.2. The van der Waals surface area contributed by atoms with Gasteiger partial charge in [-0.05, 0) is 30.5 Å². The molecule has 0 spiro atoms. The van der Waals surface area contributed by atoms with Crippen LogP contribution in [0.25, 0.3) is 0 Å². The second-order valence-electron chi connectivity index (χ2n) is 7.32. The summed E-state index contributed by atoms with van der Waals surface area (Å²) in [5.74, 6) is 1.29. The average molecular weight is 390 g/mol. The molecule has 3 N–H and O–H groups in total. The first kappa shape index (κ1) is 22.2. The molecular formula is C21H35N5O2. The van der Waals surface area contributed by atoms with Gasteiger partial charge < -0.3 is 20.7 Å². The number of nitrogens with one attached hydrogen (secondary N) is 3. The van der Waals surface area contributed by atoms with Crippen molar-refractivity contribution >= 4 is 11.9 Å². The van der Waals surface area contributed by atoms with Gasteiger partial charge in [0.2, 0.25) is 0 Å². The monoisotopic (exact) mass is 389 g/mol. The Kier molecular flexibility index (Phi) is 9.23. The molecule has 1 unspecified atom stereocenters. The summed E-state index contributed by atoms with van der Waals surface area (Å²) in [6, 6.07) is 8.08. The van der Waals surface area contributed by atoms with Crippen LogP contribution in [0.15, 0.2) is 29.3 Å². The quantitative estimate of drug-likeness (QED) is 0.463. The van der Waals surface area contributed by atoms with E-state index in [1.54, 1.807) is 7.05 Å². The van der Waals surface area contributed by atoms with Crippen molar-refractivity contribution in [3.8, 4) is 0 Å². The van der Waals surface area contributed by atoms with Crippen LogP contribution in [0.1, 0.15) is 36.7 Å². The van der Waals surface area contributed by atoms with E-state index < -0.39 is 0 Å². The zero-order chi connectivity index (χ0) is 20.4. The molecule has 1 atom stereocenters. The van der Waals surface area contributed by atoms with E-state index in [1.165, 1.54) is 0 Å². The third-order valence-electron chi connectivity index (χ3n) is 5.00. The molecular weight excluding hydrogens is 354 g/mol. The van der Waals surface area contributed by atoms with Crippen LogP contribution < -0.4 is 16.0 Å². The van der Waals surface area contributed by atoms with Gasteiger partial charge in [0, 0.05) is 51.4 Å². The first-order chi connectivity index (χ1) is 13.5. The Labute approximate surface area is 168 Å². The lowest BCUT2D eigenvalue weighted by Gasteiger charge is -2.37. The first-order valence-electron chi connectivity index (χ1n) is 10.2. The standard InChI is InChI=1S/C21H35N5O2/c1-5-23-20(27)18-8-6-17(7-9-18)14-24-21(22-4)25-15-19(16(2)3)26-10-12-28-13-11-26/h6-9,16,19H,5,10-15H2,1-4H3,(H,23,27)(H2,22,24,25). The van der Waals surface area contributed by atoms with Gasteiger partial charge in [0.15, 0.2) is 5.96 Å². The lowest BCUT2D eigenvalue weighted by Crippen LogP contribution is -2.52. The third kappa shape index (κ3) is 6.80. The van der Waals surface area contributed by atoms with Gasteiger partial charge in [0.25, 0.3) is 5.91 Å². The fraction of sp³-hybridized carbons (Fsp3) is 0.619. The zero-order valence-electron chi connectivity index (χ0n) is 17.6. The predicted octanol–water partition coefficient (Wildman–Crippen LogP) is 1.46. The number of carbonyl (C=O) groups is 1. The number of carbonyl (C=O) groups excluding carboxylic acids is 1. The van der Waals surface area contributed by atoms with Crippen LogP contribution in [0.2, 0.25) is 0 Å². The van der Waals surface area contributed by atoms with Crippen molar-refractivity contribution in [3.05, 3.63) is 35.4 Å². The summed E-state index contributed by atoms with van der Waals surface area (Å²) in [7, 11) is 1.78. The molecule has 7 nitrogen and oxygen atoms in total. The molecule has 0 aromatic heterocycles. The predicted molar refractivity (Wildman–Crippen MR) is 114 cm³/mol. The van der Waals surface area contributed by atoms with E-state index in [-0.39, 0.29) is 5.91 Å². The van der Waals surface area contributed by atoms with E-state index in [9.17, 15) is 4.79 Å². The van der Waals surface area contributed by atoms with Gasteiger partial charge in [-0.1, -0.05) is 26.0 Å². The largest absolute Gasteiger partial charge is 0.379 e. The van der Waals surface area contributed by atoms with E-state index in [2.05, 4.69) is 39.7 Å². The van der Waals surface area contributed by atoms with Crippen LogP contribution in [-0.4, -0.2) is 69.2 Å². The molecule has 0 radical (unpaired) electrons. The minimum absolute atomic E-state index is 0.0395. The number of hydrogen-bond donors (Lipinski definition) is 3. The lowest BCUT2D eigenvalue weighted by atomic mass is 10.0. The van der Waals surface area contributed by atoms with Crippen LogP contribution in [0.5, 0.6) is 0 Å². The van der Waals surface area contributed by atoms with Gasteiger partial charge in [0.1, 0.15) is 0 Å². The number of benzene rings is 1. The highest BCUT2D eigenvalue weighted by Gasteiger charge is 2.23. The summed E-state index contributed by atoms with van der Waals surface area (Å²) in [4.78, 5) is 18.7. The van der Waals surface area contributed by atoms with Crippen molar-refractivity contribution in [1.82, 2.24) is 20.9 Å². The number of ether oxygens (including phenoxy) is 1. The number of nitrogens with zero attached hydrogens (tertiary/aromatic N) is 2. The normalized spacial score (nSPS) is 16.7. The van der Waals surface area contributed by atoms with Gasteiger partial charge in [-0.15, -0.1) is 0 Å². The van der Waals surface area contributed by atoms with E-state index in [0.717, 1.165) is 44.4 Å². The Bertz CT molecular complexity index is 624. The highest BCUT2D eigenvalue weighted by atomic mass is 16.5. The second-order valence-corrected chi connectivity index (χ2v) is 7.32. The minimum atomic E-state index is -0.0395. The molecule has 1 aliphatic heterocycles. The van der Waals surface area contributed by atoms with Crippen LogP contribution >= 0.6 is 0 Å². The van der Waals surface area contributed by atoms with Crippen molar-refractivity contribution in [1.29, 1.82) is 0 Å². The van der Waals surface area contributed by atoms with Crippen molar-refractivity contribution in [2.75, 3.05) is 46.4 Å². The number of aliphatic imine (C=N–C) groups is 1. The molecule has 156 valence electrons. The number of amides is 1. The van der Waals surface area contributed by atoms with E-state index >= 15 is 0 Å². The molecule has 0 aliphatic carbocycles. The number of morpholine rings is 1. The molecule has 1 aromatic rings. The number of guanidine groups is 1. The van der Waals surface area contributed by atoms with E-state index in [0.29, 0.717) is 30.6 Å². The van der Waals surface area contributed by atoms with Gasteiger partial charge in [-0.25, -0.2) is 0 Å². The molecule has 1 aromatic carbocycles. The van der Waals surface area contributed by atoms with Crippen molar-refractivity contribution < 1.29 is 9.53 Å². The Morgan fingerprint density at radius 3 is 2.39 bits per heavy atom. The van der Waals surface area contributed by atoms with Gasteiger partial charge in [-0.3, -0.25) is 14.7 Å². The van der Waals surface area contributed by atoms with E-state index in [4.69, 9.17) is 4.74 Å². The maximum atomic E-state index is 11.8. The maximum absolute atomic E-state index is 11.8. The fourth-order valence-corrected chi connectivity index (χ4v) is 3.34. The van der Waals surface area contributed by atoms with Crippen LogP contribution in [0.4, 0.5) is 0 Å². The summed E-state index contributed by atoms with van der Waals surface area (Å²) in [5, 5.41) is 9.62. The highest BCUT2D eigenvalue weighted by molar-refractivity contribution is 5.94. The van der Waals surface area contributed by atoms with Gasteiger partial charge in [-0.2, -0.15) is 0 Å². The summed E-state index contributed by atoms with van der Waals surface area (Å²) >= 11 is 0. The number of rotatable bonds is 8. The summed E-state index contributed by atoms with van der Waals surface area (Å²) in [5.41, 5.74) is 1.78. The Morgan fingerprint density at radius 2 is 1.82 bits per heavy atom. The molecule has 1 saturated heterocycles. The molecule has 1 fully saturated rings. The van der Waals surface area contributed by atoms with Crippen LogP contribution in [0.3, 0.4) is 0 Å². The lowest BCUT2D eigenvalue weighted by molar-refractivity contribution is 0.00752. The highest BCUT2D eigenvalue weighted by Crippen LogP contribution is 2.12. The van der Waals surface area contributed by atoms with Crippen molar-refractivity contribution in [2.24, 2.45) is 10.9 Å². The molecule has 0 saturated carbocycles.